The molecule has 4 nitrogen and oxygen atoms in total. The maximum atomic E-state index is 14.1. The molecule has 2 aromatic carbocycles. The predicted molar refractivity (Wildman–Crippen MR) is 93.8 cm³/mol. The van der Waals surface area contributed by atoms with Crippen LogP contribution >= 0.6 is 0 Å². The molecule has 0 atom stereocenters. The Bertz CT molecular complexity index is 866. The van der Waals surface area contributed by atoms with E-state index >= 15 is 0 Å². The molecule has 0 aromatic heterocycles. The molecule has 0 saturated heterocycles. The van der Waals surface area contributed by atoms with Crippen LogP contribution in [0.5, 0.6) is 0 Å². The number of halogens is 1. The third kappa shape index (κ3) is 4.04. The van der Waals surface area contributed by atoms with Gasteiger partial charge >= 0.3 is 6.03 Å². The zero-order valence-electron chi connectivity index (χ0n) is 13.5. The molecule has 2 aromatic rings. The van der Waals surface area contributed by atoms with Gasteiger partial charge in [-0.2, -0.15) is 0 Å². The molecule has 1 fully saturated rings. The summed E-state index contributed by atoms with van der Waals surface area (Å²) in [5, 5.41) is 4.70. The Morgan fingerprint density at radius 3 is 2.64 bits per heavy atom. The van der Waals surface area contributed by atoms with Gasteiger partial charge in [-0.05, 0) is 48.1 Å². The molecule has 1 aliphatic rings. The van der Waals surface area contributed by atoms with Crippen LogP contribution in [-0.4, -0.2) is 11.9 Å². The maximum Gasteiger partial charge on any atom is 0.326 e. The van der Waals surface area contributed by atoms with Crippen LogP contribution < -0.4 is 10.6 Å². The highest BCUT2D eigenvalue weighted by atomic mass is 19.1. The molecule has 25 heavy (non-hydrogen) atoms. The van der Waals surface area contributed by atoms with E-state index in [1.54, 1.807) is 30.3 Å². The number of anilines is 1. The van der Waals surface area contributed by atoms with Crippen molar-refractivity contribution >= 4 is 17.6 Å². The monoisotopic (exact) mass is 336 g/mol. The number of carbonyl (C=O) groups excluding carboxylic acids is 2. The maximum absolute atomic E-state index is 14.1. The number of para-hydroxylation sites is 1. The van der Waals surface area contributed by atoms with Crippen LogP contribution in [0.4, 0.5) is 14.9 Å². The minimum atomic E-state index is -0.785. The summed E-state index contributed by atoms with van der Waals surface area (Å²) in [6, 6.07) is 10.8. The number of nitrogens with one attached hydrogen (secondary N) is 2. The first kappa shape index (κ1) is 16.7. The molecule has 0 unspecified atom stereocenters. The molecule has 2 N–H and O–H groups in total. The predicted octanol–water partition coefficient (Wildman–Crippen LogP) is 3.84. The van der Waals surface area contributed by atoms with Gasteiger partial charge in [0.25, 0.3) is 5.91 Å². The highest BCUT2D eigenvalue weighted by Crippen LogP contribution is 2.40. The first-order chi connectivity index (χ1) is 12.1. The molecule has 0 bridgehead atoms. The molecule has 1 saturated carbocycles. The second-order valence-corrected chi connectivity index (χ2v) is 5.96. The number of terminal acetylenes is 1. The van der Waals surface area contributed by atoms with Crippen molar-refractivity contribution in [3.05, 3.63) is 65.0 Å². The minimum Gasteiger partial charge on any atom is -0.307 e. The Hall–Kier alpha value is -3.13. The van der Waals surface area contributed by atoms with Crippen molar-refractivity contribution in [3.63, 3.8) is 0 Å². The number of carbonyl (C=O) groups is 2. The highest BCUT2D eigenvalue weighted by molar-refractivity contribution is 6.08. The topological polar surface area (TPSA) is 58.2 Å². The molecule has 0 radical (unpaired) electrons. The molecule has 3 rings (SSSR count). The number of hydrogen-bond acceptors (Lipinski definition) is 2. The van der Waals surface area contributed by atoms with Gasteiger partial charge < -0.3 is 5.32 Å². The van der Waals surface area contributed by atoms with E-state index in [0.717, 1.165) is 24.0 Å². The van der Waals surface area contributed by atoms with Crippen molar-refractivity contribution < 1.29 is 14.0 Å². The Morgan fingerprint density at radius 2 is 1.96 bits per heavy atom. The first-order valence-electron chi connectivity index (χ1n) is 8.01. The van der Waals surface area contributed by atoms with Gasteiger partial charge in [0.15, 0.2) is 0 Å². The summed E-state index contributed by atoms with van der Waals surface area (Å²) in [7, 11) is 0. The smallest absolute Gasteiger partial charge is 0.307 e. The Balaban J connectivity index is 1.67. The van der Waals surface area contributed by atoms with Crippen molar-refractivity contribution in [2.45, 2.75) is 25.2 Å². The van der Waals surface area contributed by atoms with E-state index in [0.29, 0.717) is 18.0 Å². The number of amides is 3. The van der Waals surface area contributed by atoms with Crippen molar-refractivity contribution in [2.75, 3.05) is 5.32 Å². The van der Waals surface area contributed by atoms with E-state index in [1.807, 2.05) is 0 Å². The number of imide groups is 1. The van der Waals surface area contributed by atoms with E-state index in [1.165, 1.54) is 12.1 Å². The molecule has 1 aliphatic carbocycles. The zero-order valence-corrected chi connectivity index (χ0v) is 13.5. The molecule has 5 heteroatoms. The lowest BCUT2D eigenvalue weighted by atomic mass is 10.1. The summed E-state index contributed by atoms with van der Waals surface area (Å²) >= 11 is 0. The average Bonchev–Trinajstić information content (AvgIpc) is 3.41. The van der Waals surface area contributed by atoms with Crippen molar-refractivity contribution in [2.24, 2.45) is 0 Å². The molecule has 0 spiro atoms. The minimum absolute atomic E-state index is 0.156. The summed E-state index contributed by atoms with van der Waals surface area (Å²) in [5.41, 5.74) is 2.00. The fourth-order valence-corrected chi connectivity index (χ4v) is 2.62. The third-order valence-corrected chi connectivity index (χ3v) is 4.07. The number of benzene rings is 2. The molecule has 3 amide bonds. The van der Waals surface area contributed by atoms with E-state index in [4.69, 9.17) is 6.42 Å². The quantitative estimate of drug-likeness (QED) is 0.834. The van der Waals surface area contributed by atoms with Crippen LogP contribution in [0.15, 0.2) is 42.5 Å². The zero-order chi connectivity index (χ0) is 17.8. The summed E-state index contributed by atoms with van der Waals surface area (Å²) < 4.78 is 14.1. The van der Waals surface area contributed by atoms with Gasteiger partial charge in [-0.3, -0.25) is 10.1 Å². The van der Waals surface area contributed by atoms with Gasteiger partial charge in [-0.25, -0.2) is 9.18 Å². The van der Waals surface area contributed by atoms with Gasteiger partial charge in [0, 0.05) is 12.1 Å². The summed E-state index contributed by atoms with van der Waals surface area (Å²) in [6.07, 6.45) is 7.74. The average molecular weight is 336 g/mol. The van der Waals surface area contributed by atoms with Crippen LogP contribution in [-0.2, 0) is 6.42 Å². The SMILES string of the molecule is C#CCc1ccccc1NC(=O)NC(=O)c1ccc(C2CC2)cc1F. The normalized spacial score (nSPS) is 13.0. The molecular weight excluding hydrogens is 319 g/mol. The van der Waals surface area contributed by atoms with Gasteiger partial charge in [0.2, 0.25) is 0 Å². The Morgan fingerprint density at radius 1 is 1.20 bits per heavy atom. The van der Waals surface area contributed by atoms with Gasteiger partial charge in [0.1, 0.15) is 5.82 Å². The first-order valence-corrected chi connectivity index (χ1v) is 8.01. The van der Waals surface area contributed by atoms with Crippen molar-refractivity contribution in [3.8, 4) is 12.3 Å². The number of urea groups is 1. The summed E-state index contributed by atoms with van der Waals surface area (Å²) in [6.45, 7) is 0. The van der Waals surface area contributed by atoms with E-state index in [9.17, 15) is 14.0 Å². The molecule has 126 valence electrons. The van der Waals surface area contributed by atoms with Crippen molar-refractivity contribution in [1.29, 1.82) is 0 Å². The number of rotatable bonds is 4. The summed E-state index contributed by atoms with van der Waals surface area (Å²) in [4.78, 5) is 24.2. The van der Waals surface area contributed by atoms with E-state index in [-0.39, 0.29) is 5.56 Å². The fraction of sp³-hybridized carbons (Fsp3) is 0.200. The second-order valence-electron chi connectivity index (χ2n) is 5.96. The van der Waals surface area contributed by atoms with Gasteiger partial charge in [0.05, 0.1) is 5.56 Å². The van der Waals surface area contributed by atoms with E-state index < -0.39 is 17.8 Å². The summed E-state index contributed by atoms with van der Waals surface area (Å²) in [5.74, 6) is 1.49. The van der Waals surface area contributed by atoms with E-state index in [2.05, 4.69) is 16.6 Å². The van der Waals surface area contributed by atoms with Crippen LogP contribution in [0.25, 0.3) is 0 Å². The lowest BCUT2D eigenvalue weighted by molar-refractivity contribution is 0.0963. The second kappa shape index (κ2) is 7.18. The van der Waals surface area contributed by atoms with Gasteiger partial charge in [-0.15, -0.1) is 12.3 Å². The molecule has 0 aliphatic heterocycles. The Kier molecular flexibility index (Phi) is 4.80. The highest BCUT2D eigenvalue weighted by Gasteiger charge is 2.25. The Labute approximate surface area is 145 Å². The van der Waals surface area contributed by atoms with Crippen LogP contribution in [0.2, 0.25) is 0 Å². The van der Waals surface area contributed by atoms with Crippen LogP contribution in [0, 0.1) is 18.2 Å². The molecular formula is C20H17FN2O2. The molecule has 0 heterocycles. The standard InChI is InChI=1S/C20H17FN2O2/c1-2-5-14-6-3-4-7-18(14)22-20(25)23-19(24)16-11-10-15(12-17(16)21)13-8-9-13/h1,3-4,6-7,10-13H,5,8-9H2,(H2,22,23,24,25). The van der Waals surface area contributed by atoms with Gasteiger partial charge in [-0.1, -0.05) is 24.3 Å². The fourth-order valence-electron chi connectivity index (χ4n) is 2.62. The van der Waals surface area contributed by atoms with Crippen LogP contribution in [0.3, 0.4) is 0 Å². The lowest BCUT2D eigenvalue weighted by Gasteiger charge is -2.10. The third-order valence-electron chi connectivity index (χ3n) is 4.07. The van der Waals surface area contributed by atoms with Crippen molar-refractivity contribution in [1.82, 2.24) is 5.32 Å². The lowest BCUT2D eigenvalue weighted by Crippen LogP contribution is -2.35. The largest absolute Gasteiger partial charge is 0.326 e. The number of hydrogen-bond donors (Lipinski definition) is 2. The van der Waals surface area contributed by atoms with Crippen LogP contribution in [0.1, 0.15) is 40.2 Å².